The van der Waals surface area contributed by atoms with Crippen molar-refractivity contribution in [3.63, 3.8) is 0 Å². The minimum Gasteiger partial charge on any atom is -0.483 e. The van der Waals surface area contributed by atoms with Gasteiger partial charge in [-0.15, -0.1) is 0 Å². The summed E-state index contributed by atoms with van der Waals surface area (Å²) in [7, 11) is 0. The molecule has 0 aliphatic heterocycles. The molecule has 0 aliphatic rings. The van der Waals surface area contributed by atoms with Crippen LogP contribution in [0.4, 0.5) is 0 Å². The highest BCUT2D eigenvalue weighted by atomic mass is 79.9. The van der Waals surface area contributed by atoms with E-state index in [1.807, 2.05) is 25.1 Å². The standard InChI is InChI=1S/C15H23BrN2O2/c1-3-7-18-15(19)10-20-14-6-5-11(9-13(14)16)8-12(17)4-2/h5-6,9,12H,3-4,7-8,10,17H2,1-2H3,(H,18,19). The Morgan fingerprint density at radius 3 is 2.80 bits per heavy atom. The van der Waals surface area contributed by atoms with E-state index >= 15 is 0 Å². The van der Waals surface area contributed by atoms with Crippen molar-refractivity contribution in [2.45, 2.75) is 39.2 Å². The third-order valence-corrected chi connectivity index (χ3v) is 3.57. The maximum atomic E-state index is 11.5. The average molecular weight is 343 g/mol. The number of benzene rings is 1. The zero-order chi connectivity index (χ0) is 15.0. The van der Waals surface area contributed by atoms with Crippen LogP contribution in [-0.2, 0) is 11.2 Å². The normalized spacial score (nSPS) is 12.0. The fourth-order valence-electron chi connectivity index (χ4n) is 1.69. The first kappa shape index (κ1) is 17.0. The quantitative estimate of drug-likeness (QED) is 0.763. The summed E-state index contributed by atoms with van der Waals surface area (Å²) in [6.07, 6.45) is 2.71. The van der Waals surface area contributed by atoms with Gasteiger partial charge in [-0.1, -0.05) is 19.9 Å². The first-order valence-corrected chi connectivity index (χ1v) is 7.79. The van der Waals surface area contributed by atoms with Crippen molar-refractivity contribution < 1.29 is 9.53 Å². The van der Waals surface area contributed by atoms with Crippen molar-refractivity contribution in [3.05, 3.63) is 28.2 Å². The van der Waals surface area contributed by atoms with Gasteiger partial charge in [0.15, 0.2) is 6.61 Å². The number of nitrogens with two attached hydrogens (primary N) is 1. The van der Waals surface area contributed by atoms with E-state index in [1.54, 1.807) is 0 Å². The van der Waals surface area contributed by atoms with Crippen LogP contribution in [-0.4, -0.2) is 25.1 Å². The molecule has 0 saturated heterocycles. The molecular weight excluding hydrogens is 320 g/mol. The van der Waals surface area contributed by atoms with Crippen molar-refractivity contribution in [3.8, 4) is 5.75 Å². The number of carbonyl (C=O) groups is 1. The van der Waals surface area contributed by atoms with Gasteiger partial charge in [0, 0.05) is 12.6 Å². The van der Waals surface area contributed by atoms with Crippen LogP contribution >= 0.6 is 15.9 Å². The van der Waals surface area contributed by atoms with Gasteiger partial charge in [-0.05, 0) is 52.9 Å². The number of amides is 1. The summed E-state index contributed by atoms with van der Waals surface area (Å²) in [4.78, 5) is 11.5. The summed E-state index contributed by atoms with van der Waals surface area (Å²) < 4.78 is 6.34. The van der Waals surface area contributed by atoms with Crippen molar-refractivity contribution in [1.82, 2.24) is 5.32 Å². The SMILES string of the molecule is CCCNC(=O)COc1ccc(CC(N)CC)cc1Br. The maximum absolute atomic E-state index is 11.5. The van der Waals surface area contributed by atoms with Gasteiger partial charge in [-0.2, -0.15) is 0 Å². The lowest BCUT2D eigenvalue weighted by molar-refractivity contribution is -0.123. The van der Waals surface area contributed by atoms with Crippen LogP contribution in [0.25, 0.3) is 0 Å². The van der Waals surface area contributed by atoms with Gasteiger partial charge in [0.2, 0.25) is 0 Å². The van der Waals surface area contributed by atoms with Gasteiger partial charge in [-0.3, -0.25) is 4.79 Å². The molecule has 1 amide bonds. The third-order valence-electron chi connectivity index (χ3n) is 2.95. The molecule has 1 atom stereocenters. The lowest BCUT2D eigenvalue weighted by Crippen LogP contribution is -2.29. The molecule has 0 saturated carbocycles. The second-order valence-electron chi connectivity index (χ2n) is 4.78. The molecule has 5 heteroatoms. The van der Waals surface area contributed by atoms with E-state index in [4.69, 9.17) is 10.5 Å². The Bertz CT molecular complexity index is 438. The van der Waals surface area contributed by atoms with Crippen LogP contribution in [0.2, 0.25) is 0 Å². The van der Waals surface area contributed by atoms with Crippen LogP contribution in [0.15, 0.2) is 22.7 Å². The number of hydrogen-bond acceptors (Lipinski definition) is 3. The van der Waals surface area contributed by atoms with Crippen LogP contribution in [0, 0.1) is 0 Å². The predicted octanol–water partition coefficient (Wildman–Crippen LogP) is 2.63. The third kappa shape index (κ3) is 5.92. The van der Waals surface area contributed by atoms with E-state index < -0.39 is 0 Å². The molecule has 0 heterocycles. The number of rotatable bonds is 8. The molecule has 112 valence electrons. The lowest BCUT2D eigenvalue weighted by atomic mass is 10.0. The summed E-state index contributed by atoms with van der Waals surface area (Å²) in [6, 6.07) is 6.02. The second kappa shape index (κ2) is 8.97. The average Bonchev–Trinajstić information content (AvgIpc) is 2.44. The molecule has 0 spiro atoms. The fourth-order valence-corrected chi connectivity index (χ4v) is 2.23. The fraction of sp³-hybridized carbons (Fsp3) is 0.533. The summed E-state index contributed by atoms with van der Waals surface area (Å²) in [5.74, 6) is 0.571. The van der Waals surface area contributed by atoms with Crippen LogP contribution < -0.4 is 15.8 Å². The van der Waals surface area contributed by atoms with Crippen molar-refractivity contribution in [1.29, 1.82) is 0 Å². The van der Waals surface area contributed by atoms with E-state index in [2.05, 4.69) is 28.2 Å². The highest BCUT2D eigenvalue weighted by Gasteiger charge is 2.08. The van der Waals surface area contributed by atoms with Gasteiger partial charge in [-0.25, -0.2) is 0 Å². The van der Waals surface area contributed by atoms with Crippen LogP contribution in [0.5, 0.6) is 5.75 Å². The molecule has 0 bridgehead atoms. The molecule has 0 radical (unpaired) electrons. The molecule has 1 aromatic carbocycles. The Hall–Kier alpha value is -1.07. The molecule has 0 aromatic heterocycles. The Kier molecular flexibility index (Phi) is 7.62. The smallest absolute Gasteiger partial charge is 0.257 e. The number of nitrogens with one attached hydrogen (secondary N) is 1. The molecule has 1 unspecified atom stereocenters. The van der Waals surface area contributed by atoms with Gasteiger partial charge < -0.3 is 15.8 Å². The zero-order valence-electron chi connectivity index (χ0n) is 12.1. The van der Waals surface area contributed by atoms with E-state index in [0.717, 1.165) is 29.3 Å². The first-order chi connectivity index (χ1) is 9.56. The molecule has 20 heavy (non-hydrogen) atoms. The molecule has 3 N–H and O–H groups in total. The molecule has 1 rings (SSSR count). The predicted molar refractivity (Wildman–Crippen MR) is 84.9 cm³/mol. The lowest BCUT2D eigenvalue weighted by Gasteiger charge is -2.12. The number of ether oxygens (including phenoxy) is 1. The largest absolute Gasteiger partial charge is 0.483 e. The topological polar surface area (TPSA) is 64.3 Å². The van der Waals surface area contributed by atoms with Crippen molar-refractivity contribution >= 4 is 21.8 Å². The van der Waals surface area contributed by atoms with Crippen molar-refractivity contribution in [2.24, 2.45) is 5.73 Å². The second-order valence-corrected chi connectivity index (χ2v) is 5.63. The summed E-state index contributed by atoms with van der Waals surface area (Å²) >= 11 is 3.46. The van der Waals surface area contributed by atoms with E-state index in [-0.39, 0.29) is 18.6 Å². The van der Waals surface area contributed by atoms with Gasteiger partial charge in [0.25, 0.3) is 5.91 Å². The minimum atomic E-state index is -0.101. The van der Waals surface area contributed by atoms with Gasteiger partial charge in [0.1, 0.15) is 5.75 Å². The number of carbonyl (C=O) groups excluding carboxylic acids is 1. The summed E-state index contributed by atoms with van der Waals surface area (Å²) in [6.45, 7) is 4.80. The van der Waals surface area contributed by atoms with Crippen LogP contribution in [0.1, 0.15) is 32.3 Å². The van der Waals surface area contributed by atoms with Crippen LogP contribution in [0.3, 0.4) is 0 Å². The van der Waals surface area contributed by atoms with Crippen molar-refractivity contribution in [2.75, 3.05) is 13.2 Å². The molecular formula is C15H23BrN2O2. The van der Waals surface area contributed by atoms with Gasteiger partial charge >= 0.3 is 0 Å². The minimum absolute atomic E-state index is 0.0341. The monoisotopic (exact) mass is 342 g/mol. The Morgan fingerprint density at radius 1 is 1.45 bits per heavy atom. The number of hydrogen-bond donors (Lipinski definition) is 2. The Balaban J connectivity index is 2.53. The highest BCUT2D eigenvalue weighted by Crippen LogP contribution is 2.26. The van der Waals surface area contributed by atoms with Gasteiger partial charge in [0.05, 0.1) is 4.47 Å². The van der Waals surface area contributed by atoms with E-state index in [1.165, 1.54) is 0 Å². The number of halogens is 1. The Labute approximate surface area is 129 Å². The summed E-state index contributed by atoms with van der Waals surface area (Å²) in [5, 5.41) is 2.77. The van der Waals surface area contributed by atoms with E-state index in [0.29, 0.717) is 12.3 Å². The maximum Gasteiger partial charge on any atom is 0.257 e. The molecule has 4 nitrogen and oxygen atoms in total. The zero-order valence-corrected chi connectivity index (χ0v) is 13.7. The Morgan fingerprint density at radius 2 is 2.20 bits per heavy atom. The summed E-state index contributed by atoms with van der Waals surface area (Å²) in [5.41, 5.74) is 7.10. The molecule has 1 aromatic rings. The molecule has 0 fully saturated rings. The van der Waals surface area contributed by atoms with E-state index in [9.17, 15) is 4.79 Å². The first-order valence-electron chi connectivity index (χ1n) is 7.00. The highest BCUT2D eigenvalue weighted by molar-refractivity contribution is 9.10. The molecule has 0 aliphatic carbocycles.